The number of hydrogen-bond donors (Lipinski definition) is 0. The van der Waals surface area contributed by atoms with Gasteiger partial charge in [0.1, 0.15) is 0 Å². The summed E-state index contributed by atoms with van der Waals surface area (Å²) in [5, 5.41) is 0. The van der Waals surface area contributed by atoms with E-state index in [-0.39, 0.29) is 5.41 Å². The van der Waals surface area contributed by atoms with E-state index >= 15 is 0 Å². The number of benzene rings is 5. The molecule has 0 atom stereocenters. The number of hydrogen-bond acceptors (Lipinski definition) is 3. The zero-order chi connectivity index (χ0) is 29.5. The molecule has 4 nitrogen and oxygen atoms in total. The lowest BCUT2D eigenvalue weighted by molar-refractivity contribution is 0.353. The molecule has 1 saturated carbocycles. The summed E-state index contributed by atoms with van der Waals surface area (Å²) < 4.78 is 0. The van der Waals surface area contributed by atoms with Gasteiger partial charge in [0.25, 0.3) is 0 Å². The maximum atomic E-state index is 7.58. The fraction of sp³-hybridized carbons (Fsp3) is 0.150. The van der Waals surface area contributed by atoms with Crippen LogP contribution >= 0.6 is 0 Å². The van der Waals surface area contributed by atoms with Crippen LogP contribution in [-0.4, -0.2) is 15.0 Å². The minimum Gasteiger partial charge on any atom is -0.238 e. The molecule has 1 spiro atoms. The quantitative estimate of drug-likeness (QED) is 0.199. The molecule has 0 aliphatic heterocycles. The van der Waals surface area contributed by atoms with Crippen LogP contribution in [0.2, 0.25) is 0 Å². The molecular weight excluding hydrogens is 536 g/mol. The fourth-order valence-corrected chi connectivity index (χ4v) is 7.19. The van der Waals surface area contributed by atoms with Gasteiger partial charge in [-0.05, 0) is 58.4 Å². The largest absolute Gasteiger partial charge is 0.238 e. The molecule has 1 aromatic heterocycles. The summed E-state index contributed by atoms with van der Waals surface area (Å²) in [6.07, 6.45) is 6.11. The lowest BCUT2D eigenvalue weighted by Gasteiger charge is -2.36. The van der Waals surface area contributed by atoms with Crippen molar-refractivity contribution in [2.75, 3.05) is 0 Å². The third kappa shape index (κ3) is 4.41. The van der Waals surface area contributed by atoms with E-state index < -0.39 is 0 Å². The molecule has 210 valence electrons. The SMILES string of the molecule is [C-]#[N+]c1ccc2c(c1)-c1ccc(-c3ccc(-c4nc(-c5ccccc5)nc(-c5ccccc5)n4)cc3)cc1C21CCCCC1. The van der Waals surface area contributed by atoms with Crippen LogP contribution in [-0.2, 0) is 5.41 Å². The number of rotatable bonds is 4. The van der Waals surface area contributed by atoms with Crippen molar-refractivity contribution < 1.29 is 0 Å². The highest BCUT2D eigenvalue weighted by Crippen LogP contribution is 2.57. The summed E-state index contributed by atoms with van der Waals surface area (Å²) in [5.74, 6) is 1.98. The average Bonchev–Trinajstić information content (AvgIpc) is 3.36. The van der Waals surface area contributed by atoms with Crippen LogP contribution in [0.4, 0.5) is 5.69 Å². The number of fused-ring (bicyclic) bond motifs is 5. The van der Waals surface area contributed by atoms with Crippen LogP contribution in [0.1, 0.15) is 43.2 Å². The predicted molar refractivity (Wildman–Crippen MR) is 177 cm³/mol. The van der Waals surface area contributed by atoms with E-state index in [4.69, 9.17) is 21.5 Å². The molecule has 8 rings (SSSR count). The van der Waals surface area contributed by atoms with Crippen molar-refractivity contribution in [1.29, 1.82) is 0 Å². The summed E-state index contributed by atoms with van der Waals surface area (Å²) in [7, 11) is 0. The maximum absolute atomic E-state index is 7.58. The van der Waals surface area contributed by atoms with Gasteiger partial charge in [-0.1, -0.05) is 128 Å². The molecule has 44 heavy (non-hydrogen) atoms. The standard InChI is InChI=1S/C40H30N4/c1-41-32-20-22-35-34(26-32)33-21-19-31(25-36(33)40(35)23-9-4-10-24-40)27-15-17-30(18-16-27)39-43-37(28-11-5-2-6-12-28)42-38(44-39)29-13-7-3-8-14-29/h2-3,5-8,11-22,25-26H,4,9-10,23-24H2. The van der Waals surface area contributed by atoms with E-state index in [0.29, 0.717) is 23.2 Å². The molecule has 5 aromatic carbocycles. The molecule has 4 heteroatoms. The Morgan fingerprint density at radius 1 is 0.477 bits per heavy atom. The van der Waals surface area contributed by atoms with Gasteiger partial charge in [-0.25, -0.2) is 19.8 Å². The summed E-state index contributed by atoms with van der Waals surface area (Å²) >= 11 is 0. The van der Waals surface area contributed by atoms with E-state index in [1.807, 2.05) is 66.7 Å². The maximum Gasteiger partial charge on any atom is 0.187 e. The Morgan fingerprint density at radius 3 is 1.61 bits per heavy atom. The van der Waals surface area contributed by atoms with Crippen molar-refractivity contribution in [3.63, 3.8) is 0 Å². The Balaban J connectivity index is 1.19. The summed E-state index contributed by atoms with van der Waals surface area (Å²) in [6, 6.07) is 42.0. The molecular formula is C40H30N4. The van der Waals surface area contributed by atoms with Gasteiger partial charge in [0.05, 0.1) is 6.57 Å². The van der Waals surface area contributed by atoms with Gasteiger partial charge < -0.3 is 0 Å². The summed E-state index contributed by atoms with van der Waals surface area (Å²) in [5.41, 5.74) is 11.4. The second kappa shape index (κ2) is 10.7. The van der Waals surface area contributed by atoms with Crippen molar-refractivity contribution in [2.45, 2.75) is 37.5 Å². The van der Waals surface area contributed by atoms with E-state index in [9.17, 15) is 0 Å². The normalized spacial score (nSPS) is 14.5. The molecule has 6 aromatic rings. The number of nitrogens with zero attached hydrogens (tertiary/aromatic N) is 4. The lowest BCUT2D eigenvalue weighted by Crippen LogP contribution is -2.28. The van der Waals surface area contributed by atoms with Crippen molar-refractivity contribution >= 4 is 5.69 Å². The van der Waals surface area contributed by atoms with E-state index in [0.717, 1.165) is 16.7 Å². The van der Waals surface area contributed by atoms with Gasteiger partial charge in [-0.3, -0.25) is 0 Å². The fourth-order valence-electron chi connectivity index (χ4n) is 7.19. The first-order valence-corrected chi connectivity index (χ1v) is 15.4. The second-order valence-electron chi connectivity index (χ2n) is 11.9. The van der Waals surface area contributed by atoms with E-state index in [1.165, 1.54) is 65.5 Å². The summed E-state index contributed by atoms with van der Waals surface area (Å²) in [4.78, 5) is 18.4. The lowest BCUT2D eigenvalue weighted by atomic mass is 9.67. The van der Waals surface area contributed by atoms with Crippen LogP contribution in [0.3, 0.4) is 0 Å². The van der Waals surface area contributed by atoms with Gasteiger partial charge in [0.15, 0.2) is 23.2 Å². The minimum absolute atomic E-state index is 0.0476. The molecule has 0 unspecified atom stereocenters. The molecule has 0 radical (unpaired) electrons. The molecule has 1 heterocycles. The smallest absolute Gasteiger partial charge is 0.187 e. The molecule has 0 bridgehead atoms. The first-order chi connectivity index (χ1) is 21.7. The molecule has 1 fully saturated rings. The monoisotopic (exact) mass is 566 g/mol. The van der Waals surface area contributed by atoms with Gasteiger partial charge in [0.2, 0.25) is 0 Å². The number of aromatic nitrogens is 3. The van der Waals surface area contributed by atoms with Crippen LogP contribution in [0.25, 0.3) is 61.3 Å². The van der Waals surface area contributed by atoms with Crippen molar-refractivity contribution in [3.05, 3.63) is 144 Å². The Hall–Kier alpha value is -5.40. The van der Waals surface area contributed by atoms with Crippen LogP contribution in [0.5, 0.6) is 0 Å². The Morgan fingerprint density at radius 2 is 1.02 bits per heavy atom. The van der Waals surface area contributed by atoms with Gasteiger partial charge in [-0.15, -0.1) is 0 Å². The van der Waals surface area contributed by atoms with Gasteiger partial charge in [-0.2, -0.15) is 0 Å². The topological polar surface area (TPSA) is 43.0 Å². The predicted octanol–water partition coefficient (Wildman–Crippen LogP) is 10.3. The highest BCUT2D eigenvalue weighted by atomic mass is 15.0. The minimum atomic E-state index is 0.0476. The van der Waals surface area contributed by atoms with E-state index in [2.05, 4.69) is 59.4 Å². The first-order valence-electron chi connectivity index (χ1n) is 15.4. The van der Waals surface area contributed by atoms with Crippen LogP contribution < -0.4 is 0 Å². The Bertz CT molecular complexity index is 1980. The van der Waals surface area contributed by atoms with E-state index in [1.54, 1.807) is 0 Å². The molecule has 0 amide bonds. The highest BCUT2D eigenvalue weighted by molar-refractivity contribution is 5.86. The van der Waals surface area contributed by atoms with Gasteiger partial charge in [0, 0.05) is 22.1 Å². The highest BCUT2D eigenvalue weighted by Gasteiger charge is 2.43. The van der Waals surface area contributed by atoms with Crippen LogP contribution in [0, 0.1) is 6.57 Å². The Kier molecular flexibility index (Phi) is 6.38. The molecule has 2 aliphatic rings. The van der Waals surface area contributed by atoms with Crippen molar-refractivity contribution in [3.8, 4) is 56.4 Å². The molecule has 0 N–H and O–H groups in total. The second-order valence-corrected chi connectivity index (χ2v) is 11.9. The first kappa shape index (κ1) is 26.2. The molecule has 0 saturated heterocycles. The van der Waals surface area contributed by atoms with Crippen LogP contribution in [0.15, 0.2) is 121 Å². The zero-order valence-electron chi connectivity index (χ0n) is 24.4. The van der Waals surface area contributed by atoms with Gasteiger partial charge >= 0.3 is 0 Å². The zero-order valence-corrected chi connectivity index (χ0v) is 24.4. The van der Waals surface area contributed by atoms with Crippen molar-refractivity contribution in [2.24, 2.45) is 0 Å². The third-order valence-corrected chi connectivity index (χ3v) is 9.36. The van der Waals surface area contributed by atoms with Crippen molar-refractivity contribution in [1.82, 2.24) is 15.0 Å². The average molecular weight is 567 g/mol. The Labute approximate surface area is 258 Å². The molecule has 2 aliphatic carbocycles. The summed E-state index contributed by atoms with van der Waals surface area (Å²) in [6.45, 7) is 7.58. The third-order valence-electron chi connectivity index (χ3n) is 9.36.